The van der Waals surface area contributed by atoms with Crippen molar-refractivity contribution in [2.24, 2.45) is 0 Å². The number of anilines is 2. The Morgan fingerprint density at radius 3 is 2.52 bits per heavy atom. The smallest absolute Gasteiger partial charge is 0.261 e. The molecule has 1 N–H and O–H groups in total. The van der Waals surface area contributed by atoms with E-state index in [9.17, 15) is 18.0 Å². The van der Waals surface area contributed by atoms with Gasteiger partial charge in [-0.1, -0.05) is 11.6 Å². The number of likely N-dealkylation sites (N-methyl/N-ethyl adjacent to an activating group) is 1. The third-order valence-corrected chi connectivity index (χ3v) is 7.19. The van der Waals surface area contributed by atoms with Crippen LogP contribution in [0.1, 0.15) is 32.8 Å². The molecular weight excluding hydrogens is 466 g/mol. The molecule has 0 spiro atoms. The van der Waals surface area contributed by atoms with Crippen LogP contribution < -0.4 is 14.4 Å². The van der Waals surface area contributed by atoms with Crippen molar-refractivity contribution in [2.75, 3.05) is 35.9 Å². The molecule has 0 unspecified atom stereocenters. The van der Waals surface area contributed by atoms with Gasteiger partial charge in [-0.05, 0) is 68.7 Å². The Balaban J connectivity index is 1.73. The van der Waals surface area contributed by atoms with Crippen molar-refractivity contribution in [3.05, 3.63) is 47.0 Å². The predicted octanol–water partition coefficient (Wildman–Crippen LogP) is 3.69. The van der Waals surface area contributed by atoms with Gasteiger partial charge >= 0.3 is 0 Å². The fourth-order valence-electron chi connectivity index (χ4n) is 3.77. The van der Waals surface area contributed by atoms with Gasteiger partial charge in [0.25, 0.3) is 15.9 Å². The number of sulfonamides is 1. The fourth-order valence-corrected chi connectivity index (χ4v) is 5.11. The first-order chi connectivity index (χ1) is 15.7. The van der Waals surface area contributed by atoms with Gasteiger partial charge in [-0.25, -0.2) is 8.42 Å². The van der Waals surface area contributed by atoms with Crippen molar-refractivity contribution < 1.29 is 22.7 Å². The summed E-state index contributed by atoms with van der Waals surface area (Å²) in [5.41, 5.74) is 1.83. The molecule has 0 saturated carbocycles. The van der Waals surface area contributed by atoms with E-state index in [1.165, 1.54) is 31.2 Å². The molecule has 10 heteroatoms. The summed E-state index contributed by atoms with van der Waals surface area (Å²) < 4.78 is 33.9. The number of ether oxygens (including phenoxy) is 1. The lowest BCUT2D eigenvalue weighted by molar-refractivity contribution is -0.133. The minimum atomic E-state index is -3.87. The third kappa shape index (κ3) is 5.78. The summed E-state index contributed by atoms with van der Waals surface area (Å²) in [5.74, 6) is 0.0650. The molecule has 2 aromatic carbocycles. The maximum Gasteiger partial charge on any atom is 0.261 e. The monoisotopic (exact) mass is 493 g/mol. The average Bonchev–Trinajstić information content (AvgIpc) is 2.78. The summed E-state index contributed by atoms with van der Waals surface area (Å²) in [6.07, 6.45) is 1.48. The Morgan fingerprint density at radius 2 is 1.88 bits per heavy atom. The molecule has 33 heavy (non-hydrogen) atoms. The van der Waals surface area contributed by atoms with Gasteiger partial charge in [0.15, 0.2) is 6.61 Å². The molecule has 0 atom stereocenters. The van der Waals surface area contributed by atoms with Crippen molar-refractivity contribution in [2.45, 2.75) is 38.5 Å². The Hall–Kier alpha value is -2.78. The standard InChI is InChI=1S/C23H28ClN3O5S/c1-4-26(5-2)23(29)15-32-22-11-8-18(14-20(22)24)25-33(30,31)19-9-10-21-17(13-19)7-6-12-27(21)16(3)28/h8-11,13-14,25H,4-7,12,15H2,1-3H3. The molecule has 0 aliphatic carbocycles. The summed E-state index contributed by atoms with van der Waals surface area (Å²) >= 11 is 6.25. The number of benzene rings is 2. The molecule has 178 valence electrons. The Labute approximate surface area is 199 Å². The van der Waals surface area contributed by atoms with Crippen molar-refractivity contribution in [3.8, 4) is 5.75 Å². The van der Waals surface area contributed by atoms with Gasteiger partial charge in [0.05, 0.1) is 15.6 Å². The summed E-state index contributed by atoms with van der Waals surface area (Å²) in [6, 6.07) is 9.24. The highest BCUT2D eigenvalue weighted by atomic mass is 35.5. The van der Waals surface area contributed by atoms with Crippen LogP contribution in [0, 0.1) is 0 Å². The van der Waals surface area contributed by atoms with Crippen LogP contribution in [0.2, 0.25) is 5.02 Å². The lowest BCUT2D eigenvalue weighted by Crippen LogP contribution is -2.34. The van der Waals surface area contributed by atoms with E-state index in [0.29, 0.717) is 31.8 Å². The van der Waals surface area contributed by atoms with Crippen molar-refractivity contribution in [1.29, 1.82) is 0 Å². The molecule has 0 aromatic heterocycles. The molecule has 0 saturated heterocycles. The number of nitrogens with zero attached hydrogens (tertiary/aromatic N) is 2. The highest BCUT2D eigenvalue weighted by molar-refractivity contribution is 7.92. The molecule has 1 heterocycles. The van der Waals surface area contributed by atoms with E-state index in [4.69, 9.17) is 16.3 Å². The molecule has 3 rings (SSSR count). The largest absolute Gasteiger partial charge is 0.482 e. The molecular formula is C23H28ClN3O5S. The van der Waals surface area contributed by atoms with Gasteiger partial charge in [-0.15, -0.1) is 0 Å². The second-order valence-electron chi connectivity index (χ2n) is 7.67. The number of nitrogens with one attached hydrogen (secondary N) is 1. The Morgan fingerprint density at radius 1 is 1.15 bits per heavy atom. The minimum absolute atomic E-state index is 0.0690. The number of rotatable bonds is 8. The van der Waals surface area contributed by atoms with E-state index in [-0.39, 0.29) is 34.0 Å². The molecule has 1 aliphatic rings. The van der Waals surface area contributed by atoms with Crippen molar-refractivity contribution in [1.82, 2.24) is 4.90 Å². The first kappa shape index (κ1) is 24.9. The number of hydrogen-bond donors (Lipinski definition) is 1. The number of halogens is 1. The van der Waals surface area contributed by atoms with E-state index >= 15 is 0 Å². The summed E-state index contributed by atoms with van der Waals surface area (Å²) in [6.45, 7) is 6.91. The van der Waals surface area contributed by atoms with Crippen LogP contribution in [0.5, 0.6) is 5.75 Å². The van der Waals surface area contributed by atoms with Crippen LogP contribution in [0.3, 0.4) is 0 Å². The highest BCUT2D eigenvalue weighted by Gasteiger charge is 2.23. The summed E-state index contributed by atoms with van der Waals surface area (Å²) in [4.78, 5) is 27.4. The zero-order valence-corrected chi connectivity index (χ0v) is 20.5. The van der Waals surface area contributed by atoms with Crippen LogP contribution >= 0.6 is 11.6 Å². The van der Waals surface area contributed by atoms with Crippen LogP contribution in [0.15, 0.2) is 41.3 Å². The number of fused-ring (bicyclic) bond motifs is 1. The molecule has 0 fully saturated rings. The zero-order valence-electron chi connectivity index (χ0n) is 18.9. The fraction of sp³-hybridized carbons (Fsp3) is 0.391. The van der Waals surface area contributed by atoms with Gasteiger partial charge < -0.3 is 14.5 Å². The maximum absolute atomic E-state index is 12.9. The molecule has 2 amide bonds. The number of carbonyl (C=O) groups excluding carboxylic acids is 2. The zero-order chi connectivity index (χ0) is 24.2. The second kappa shape index (κ2) is 10.4. The number of carbonyl (C=O) groups is 2. The lowest BCUT2D eigenvalue weighted by Gasteiger charge is -2.28. The molecule has 1 aliphatic heterocycles. The molecule has 0 bridgehead atoms. The van der Waals surface area contributed by atoms with E-state index in [0.717, 1.165) is 17.7 Å². The van der Waals surface area contributed by atoms with Gasteiger partial charge in [0, 0.05) is 32.2 Å². The molecule has 8 nitrogen and oxygen atoms in total. The molecule has 0 radical (unpaired) electrons. The second-order valence-corrected chi connectivity index (χ2v) is 9.76. The Bertz CT molecular complexity index is 1150. The number of amides is 2. The first-order valence-electron chi connectivity index (χ1n) is 10.8. The van der Waals surface area contributed by atoms with Crippen molar-refractivity contribution >= 4 is 44.8 Å². The molecule has 2 aromatic rings. The SMILES string of the molecule is CCN(CC)C(=O)COc1ccc(NS(=O)(=O)c2ccc3c(c2)CCCN3C(C)=O)cc1Cl. The minimum Gasteiger partial charge on any atom is -0.482 e. The van der Waals surface area contributed by atoms with Gasteiger partial charge in [-0.3, -0.25) is 14.3 Å². The van der Waals surface area contributed by atoms with E-state index in [2.05, 4.69) is 4.72 Å². The average molecular weight is 494 g/mol. The van der Waals surface area contributed by atoms with Crippen LogP contribution in [0.25, 0.3) is 0 Å². The normalized spacial score (nSPS) is 13.3. The number of hydrogen-bond acceptors (Lipinski definition) is 5. The van der Waals surface area contributed by atoms with Crippen LogP contribution in [0.4, 0.5) is 11.4 Å². The van der Waals surface area contributed by atoms with E-state index in [1.807, 2.05) is 13.8 Å². The third-order valence-electron chi connectivity index (χ3n) is 5.51. The van der Waals surface area contributed by atoms with Crippen LogP contribution in [-0.4, -0.2) is 51.4 Å². The van der Waals surface area contributed by atoms with Gasteiger partial charge in [0.2, 0.25) is 5.91 Å². The lowest BCUT2D eigenvalue weighted by atomic mass is 10.0. The highest BCUT2D eigenvalue weighted by Crippen LogP contribution is 2.32. The van der Waals surface area contributed by atoms with Crippen molar-refractivity contribution in [3.63, 3.8) is 0 Å². The summed E-state index contributed by atoms with van der Waals surface area (Å²) in [7, 11) is -3.87. The first-order valence-corrected chi connectivity index (χ1v) is 12.7. The van der Waals surface area contributed by atoms with E-state index < -0.39 is 10.0 Å². The van der Waals surface area contributed by atoms with E-state index in [1.54, 1.807) is 21.9 Å². The van der Waals surface area contributed by atoms with Gasteiger partial charge in [-0.2, -0.15) is 0 Å². The maximum atomic E-state index is 12.9. The number of aryl methyl sites for hydroxylation is 1. The quantitative estimate of drug-likeness (QED) is 0.605. The predicted molar refractivity (Wildman–Crippen MR) is 128 cm³/mol. The van der Waals surface area contributed by atoms with Gasteiger partial charge in [0.1, 0.15) is 5.75 Å². The Kier molecular flexibility index (Phi) is 7.86. The topological polar surface area (TPSA) is 96.0 Å². The summed E-state index contributed by atoms with van der Waals surface area (Å²) in [5, 5.41) is 0.185. The van der Waals surface area contributed by atoms with Crippen LogP contribution in [-0.2, 0) is 26.0 Å².